The van der Waals surface area contributed by atoms with E-state index in [9.17, 15) is 4.79 Å². The number of rotatable bonds is 1. The molecule has 1 saturated carbocycles. The molecule has 4 aliphatic rings. The number of benzene rings is 1. The maximum Gasteiger partial charge on any atom is 0.289 e. The highest BCUT2D eigenvalue weighted by Crippen LogP contribution is 2.49. The molecular weight excluding hydrogens is 412 g/mol. The van der Waals surface area contributed by atoms with Gasteiger partial charge in [0, 0.05) is 36.6 Å². The summed E-state index contributed by atoms with van der Waals surface area (Å²) in [5, 5.41) is 8.47. The van der Waals surface area contributed by atoms with Gasteiger partial charge in [-0.05, 0) is 44.4 Å². The van der Waals surface area contributed by atoms with Crippen LogP contribution in [-0.2, 0) is 5.54 Å². The van der Waals surface area contributed by atoms with Gasteiger partial charge < -0.3 is 20.0 Å². The molecule has 3 fully saturated rings. The van der Waals surface area contributed by atoms with E-state index in [0.717, 1.165) is 79.9 Å². The minimum absolute atomic E-state index is 0.00791. The predicted molar refractivity (Wildman–Crippen MR) is 122 cm³/mol. The highest BCUT2D eigenvalue weighted by Gasteiger charge is 2.42. The molecule has 6 rings (SSSR count). The van der Waals surface area contributed by atoms with Crippen molar-refractivity contribution in [1.29, 1.82) is 0 Å². The molecule has 1 aliphatic carbocycles. The Balaban J connectivity index is 1.41. The summed E-state index contributed by atoms with van der Waals surface area (Å²) >= 11 is 6.71. The van der Waals surface area contributed by atoms with Crippen LogP contribution in [0, 0.1) is 0 Å². The molecule has 3 aliphatic heterocycles. The molecule has 2 aromatic rings. The molecular formula is C24H29ClN4O2. The number of hydrogen-bond acceptors (Lipinski definition) is 5. The third-order valence-electron chi connectivity index (χ3n) is 7.70. The number of carbonyl (C=O) groups excluding carboxylic acids is 1. The van der Waals surface area contributed by atoms with Crippen molar-refractivity contribution in [2.24, 2.45) is 0 Å². The first-order valence-corrected chi connectivity index (χ1v) is 12.0. The number of fused-ring (bicyclic) bond motifs is 5. The quantitative estimate of drug-likeness (QED) is 0.675. The van der Waals surface area contributed by atoms with Gasteiger partial charge >= 0.3 is 0 Å². The van der Waals surface area contributed by atoms with Crippen LogP contribution >= 0.6 is 11.6 Å². The Bertz CT molecular complexity index is 1070. The van der Waals surface area contributed by atoms with Crippen molar-refractivity contribution in [2.45, 2.75) is 56.5 Å². The van der Waals surface area contributed by atoms with Crippen LogP contribution in [0.4, 0.5) is 5.69 Å². The second-order valence-electron chi connectivity index (χ2n) is 9.59. The number of nitrogens with one attached hydrogen (secondary N) is 2. The fraction of sp³-hybridized carbons (Fsp3) is 0.542. The summed E-state index contributed by atoms with van der Waals surface area (Å²) < 4.78 is 6.34. The second-order valence-corrected chi connectivity index (χ2v) is 10.00. The zero-order valence-corrected chi connectivity index (χ0v) is 18.6. The molecule has 0 bridgehead atoms. The van der Waals surface area contributed by atoms with E-state index in [1.54, 1.807) is 0 Å². The molecule has 164 valence electrons. The van der Waals surface area contributed by atoms with E-state index in [0.29, 0.717) is 16.8 Å². The number of piperazine rings is 1. The topological polar surface area (TPSA) is 60.8 Å². The first-order valence-electron chi connectivity index (χ1n) is 11.6. The van der Waals surface area contributed by atoms with Gasteiger partial charge in [0.25, 0.3) is 5.91 Å². The molecule has 6 nitrogen and oxygen atoms in total. The van der Waals surface area contributed by atoms with E-state index in [1.807, 2.05) is 17.0 Å². The SMILES string of the molecule is C=C1Nc2c(Cl)cc3cc(C(=O)N4CCN5CCC[C@H]5C4)oc3c2C2(CCCCC2)N1. The highest BCUT2D eigenvalue weighted by molar-refractivity contribution is 6.34. The molecule has 1 aromatic carbocycles. The normalized spacial score (nSPS) is 25.3. The number of nitrogens with zero attached hydrogens (tertiary/aromatic N) is 2. The number of anilines is 1. The minimum Gasteiger partial charge on any atom is -0.450 e. The van der Waals surface area contributed by atoms with Gasteiger partial charge in [0.15, 0.2) is 5.76 Å². The molecule has 1 amide bonds. The van der Waals surface area contributed by atoms with Gasteiger partial charge in [0.2, 0.25) is 0 Å². The average Bonchev–Trinajstić information content (AvgIpc) is 3.40. The molecule has 1 spiro atoms. The predicted octanol–water partition coefficient (Wildman–Crippen LogP) is 4.65. The smallest absolute Gasteiger partial charge is 0.289 e. The van der Waals surface area contributed by atoms with Gasteiger partial charge in [-0.3, -0.25) is 9.69 Å². The third-order valence-corrected chi connectivity index (χ3v) is 7.99. The van der Waals surface area contributed by atoms with Crippen LogP contribution in [0.25, 0.3) is 11.0 Å². The summed E-state index contributed by atoms with van der Waals surface area (Å²) in [6.07, 6.45) is 7.94. The monoisotopic (exact) mass is 440 g/mol. The van der Waals surface area contributed by atoms with E-state index in [4.69, 9.17) is 16.0 Å². The standard InChI is InChI=1S/C24H29ClN4O2/c1-15-26-21-18(25)12-16-13-19(23(30)29-11-10-28-9-5-6-17(28)14-29)31-22(16)20(21)24(27-15)7-3-2-4-8-24/h12-13,17,26-27H,1-11,14H2/t17-/m0/s1. The van der Waals surface area contributed by atoms with Crippen LogP contribution in [0.2, 0.25) is 5.02 Å². The van der Waals surface area contributed by atoms with Crippen LogP contribution < -0.4 is 10.6 Å². The van der Waals surface area contributed by atoms with Crippen molar-refractivity contribution in [2.75, 3.05) is 31.5 Å². The summed E-state index contributed by atoms with van der Waals surface area (Å²) in [5.41, 5.74) is 2.46. The van der Waals surface area contributed by atoms with E-state index >= 15 is 0 Å². The summed E-state index contributed by atoms with van der Waals surface area (Å²) in [6, 6.07) is 4.28. The molecule has 4 heterocycles. The van der Waals surface area contributed by atoms with Crippen LogP contribution in [0.3, 0.4) is 0 Å². The van der Waals surface area contributed by atoms with Gasteiger partial charge in [-0.2, -0.15) is 0 Å². The van der Waals surface area contributed by atoms with Crippen LogP contribution in [0.1, 0.15) is 61.1 Å². The molecule has 7 heteroatoms. The Morgan fingerprint density at radius 1 is 1.16 bits per heavy atom. The van der Waals surface area contributed by atoms with Crippen molar-refractivity contribution in [1.82, 2.24) is 15.1 Å². The van der Waals surface area contributed by atoms with Crippen molar-refractivity contribution < 1.29 is 9.21 Å². The van der Waals surface area contributed by atoms with Crippen LogP contribution in [-0.4, -0.2) is 47.9 Å². The Morgan fingerprint density at radius 2 is 2.00 bits per heavy atom. The lowest BCUT2D eigenvalue weighted by atomic mass is 9.74. The van der Waals surface area contributed by atoms with Crippen LogP contribution in [0.5, 0.6) is 0 Å². The number of hydrogen-bond donors (Lipinski definition) is 2. The zero-order valence-electron chi connectivity index (χ0n) is 17.8. The number of halogens is 1. The maximum atomic E-state index is 13.4. The van der Waals surface area contributed by atoms with Crippen molar-refractivity contribution in [3.8, 4) is 0 Å². The average molecular weight is 441 g/mol. The molecule has 2 saturated heterocycles. The van der Waals surface area contributed by atoms with Gasteiger partial charge in [-0.15, -0.1) is 0 Å². The van der Waals surface area contributed by atoms with Crippen molar-refractivity contribution in [3.63, 3.8) is 0 Å². The number of carbonyl (C=O) groups is 1. The Hall–Kier alpha value is -2.18. The number of furan rings is 1. The Morgan fingerprint density at radius 3 is 2.84 bits per heavy atom. The van der Waals surface area contributed by atoms with Crippen molar-refractivity contribution >= 4 is 34.2 Å². The first kappa shape index (κ1) is 19.5. The molecule has 1 atom stereocenters. The van der Waals surface area contributed by atoms with Gasteiger partial charge in [-0.1, -0.05) is 37.4 Å². The van der Waals surface area contributed by atoms with Crippen LogP contribution in [0.15, 0.2) is 28.9 Å². The molecule has 0 radical (unpaired) electrons. The lowest BCUT2D eigenvalue weighted by molar-refractivity contribution is 0.0543. The summed E-state index contributed by atoms with van der Waals surface area (Å²) in [6.45, 7) is 7.80. The van der Waals surface area contributed by atoms with Gasteiger partial charge in [0.05, 0.1) is 22.1 Å². The molecule has 2 N–H and O–H groups in total. The highest BCUT2D eigenvalue weighted by atomic mass is 35.5. The van der Waals surface area contributed by atoms with E-state index in [1.165, 1.54) is 19.3 Å². The fourth-order valence-corrected chi connectivity index (χ4v) is 6.49. The molecule has 0 unspecified atom stereocenters. The van der Waals surface area contributed by atoms with E-state index < -0.39 is 0 Å². The molecule has 1 aromatic heterocycles. The number of amides is 1. The van der Waals surface area contributed by atoms with Gasteiger partial charge in [0.1, 0.15) is 5.58 Å². The second kappa shape index (κ2) is 7.17. The summed E-state index contributed by atoms with van der Waals surface area (Å²) in [4.78, 5) is 17.8. The Kier molecular flexibility index (Phi) is 4.51. The first-order chi connectivity index (χ1) is 15.0. The third kappa shape index (κ3) is 3.06. The van der Waals surface area contributed by atoms with E-state index in [-0.39, 0.29) is 11.4 Å². The summed E-state index contributed by atoms with van der Waals surface area (Å²) in [5.74, 6) is 1.18. The minimum atomic E-state index is -0.243. The lowest BCUT2D eigenvalue weighted by Crippen LogP contribution is -2.52. The largest absolute Gasteiger partial charge is 0.450 e. The van der Waals surface area contributed by atoms with E-state index in [2.05, 4.69) is 22.1 Å². The van der Waals surface area contributed by atoms with Crippen molar-refractivity contribution in [3.05, 3.63) is 40.9 Å². The zero-order chi connectivity index (χ0) is 21.2. The summed E-state index contributed by atoms with van der Waals surface area (Å²) in [7, 11) is 0. The molecule has 31 heavy (non-hydrogen) atoms. The van der Waals surface area contributed by atoms with Gasteiger partial charge in [-0.25, -0.2) is 0 Å². The maximum absolute atomic E-state index is 13.4. The fourth-order valence-electron chi connectivity index (χ4n) is 6.23. The lowest BCUT2D eigenvalue weighted by Gasteiger charge is -2.44. The Labute approximate surface area is 187 Å².